The topological polar surface area (TPSA) is 71.2 Å². The molecule has 1 saturated heterocycles. The third-order valence-corrected chi connectivity index (χ3v) is 8.05. The maximum Gasteiger partial charge on any atom is 0.354 e. The second-order valence-electron chi connectivity index (χ2n) is 10.5. The number of alkyl halides is 2. The molecule has 1 aliphatic heterocycles. The summed E-state index contributed by atoms with van der Waals surface area (Å²) < 4.78 is 29.5. The summed E-state index contributed by atoms with van der Waals surface area (Å²) in [7, 11) is 0. The number of aromatic nitrogens is 3. The molecule has 2 aliphatic rings. The van der Waals surface area contributed by atoms with E-state index in [0.29, 0.717) is 11.2 Å². The largest absolute Gasteiger partial charge is 0.477 e. The Balaban J connectivity index is 1.23. The van der Waals surface area contributed by atoms with E-state index in [1.807, 2.05) is 50.2 Å². The van der Waals surface area contributed by atoms with Crippen molar-refractivity contribution in [3.63, 3.8) is 0 Å². The number of carbonyl (C=O) groups is 1. The molecule has 4 aromatic rings. The molecule has 3 heterocycles. The smallest absolute Gasteiger partial charge is 0.354 e. The van der Waals surface area contributed by atoms with E-state index in [0.717, 1.165) is 65.8 Å². The molecular formula is C30H28F2N4O2. The van der Waals surface area contributed by atoms with E-state index in [2.05, 4.69) is 27.1 Å². The molecule has 2 aromatic carbocycles. The Bertz CT molecular complexity index is 1600. The molecule has 38 heavy (non-hydrogen) atoms. The second kappa shape index (κ2) is 9.04. The highest BCUT2D eigenvalue weighted by Crippen LogP contribution is 2.52. The van der Waals surface area contributed by atoms with Crippen molar-refractivity contribution in [1.82, 2.24) is 14.8 Å². The standard InChI is InChI=1S/C30H28F2N4O2/c1-18-5-3-4-6-26(18)36-27(23(17-33-36)28(31)32)20-15-30(16-20)9-11-35(12-10-30)21-7-8-24-22(14-21)19(2)13-25(34-24)29(37)38/h3-8,13-15,17,28H,9-12,16H2,1-2H3,(H,37,38). The Morgan fingerprint density at radius 2 is 1.79 bits per heavy atom. The van der Waals surface area contributed by atoms with Gasteiger partial charge in [-0.3, -0.25) is 0 Å². The van der Waals surface area contributed by atoms with Gasteiger partial charge in [-0.05, 0) is 85.6 Å². The van der Waals surface area contributed by atoms with Crippen LogP contribution >= 0.6 is 0 Å². The lowest BCUT2D eigenvalue weighted by molar-refractivity contribution is 0.0690. The zero-order chi connectivity index (χ0) is 26.6. The molecule has 1 N–H and O–H groups in total. The Kier molecular flexibility index (Phi) is 5.78. The number of halogens is 2. The van der Waals surface area contributed by atoms with Gasteiger partial charge in [0.1, 0.15) is 5.69 Å². The Morgan fingerprint density at radius 3 is 2.47 bits per heavy atom. The van der Waals surface area contributed by atoms with Gasteiger partial charge in [-0.1, -0.05) is 24.3 Å². The van der Waals surface area contributed by atoms with Crippen LogP contribution in [0.25, 0.3) is 22.2 Å². The van der Waals surface area contributed by atoms with E-state index in [9.17, 15) is 18.7 Å². The number of rotatable bonds is 5. The van der Waals surface area contributed by atoms with Gasteiger partial charge in [-0.2, -0.15) is 5.10 Å². The van der Waals surface area contributed by atoms with Gasteiger partial charge in [0.2, 0.25) is 0 Å². The van der Waals surface area contributed by atoms with E-state index in [4.69, 9.17) is 0 Å². The molecule has 0 atom stereocenters. The van der Waals surface area contributed by atoms with Crippen LogP contribution in [0.4, 0.5) is 14.5 Å². The van der Waals surface area contributed by atoms with Crippen molar-refractivity contribution in [2.45, 2.75) is 39.5 Å². The summed E-state index contributed by atoms with van der Waals surface area (Å²) in [6.45, 7) is 5.58. The van der Waals surface area contributed by atoms with Crippen LogP contribution in [-0.4, -0.2) is 38.9 Å². The van der Waals surface area contributed by atoms with E-state index < -0.39 is 12.4 Å². The van der Waals surface area contributed by atoms with Crippen molar-refractivity contribution >= 4 is 28.1 Å². The number of aromatic carboxylic acids is 1. The van der Waals surface area contributed by atoms with E-state index in [1.54, 1.807) is 10.7 Å². The molecule has 194 valence electrons. The minimum absolute atomic E-state index is 0.0107. The fraction of sp³-hybridized carbons (Fsp3) is 0.300. The Hall–Kier alpha value is -4.07. The number of allylic oxidation sites excluding steroid dienone is 2. The predicted molar refractivity (Wildman–Crippen MR) is 143 cm³/mol. The number of carboxylic acids is 1. The van der Waals surface area contributed by atoms with Crippen molar-refractivity contribution in [2.75, 3.05) is 18.0 Å². The van der Waals surface area contributed by atoms with Crippen LogP contribution in [0.3, 0.4) is 0 Å². The van der Waals surface area contributed by atoms with E-state index in [-0.39, 0.29) is 16.7 Å². The minimum Gasteiger partial charge on any atom is -0.477 e. The number of hydrogen-bond donors (Lipinski definition) is 1. The maximum absolute atomic E-state index is 13.9. The number of nitrogens with zero attached hydrogens (tertiary/aromatic N) is 4. The minimum atomic E-state index is -2.58. The van der Waals surface area contributed by atoms with Crippen LogP contribution in [0, 0.1) is 19.3 Å². The maximum atomic E-state index is 13.9. The highest BCUT2D eigenvalue weighted by atomic mass is 19.3. The lowest BCUT2D eigenvalue weighted by atomic mass is 9.64. The van der Waals surface area contributed by atoms with Gasteiger partial charge >= 0.3 is 5.97 Å². The van der Waals surface area contributed by atoms with Crippen molar-refractivity contribution in [1.29, 1.82) is 0 Å². The fourth-order valence-corrected chi connectivity index (χ4v) is 5.92. The molecule has 0 amide bonds. The summed E-state index contributed by atoms with van der Waals surface area (Å²) >= 11 is 0. The highest BCUT2D eigenvalue weighted by Gasteiger charge is 2.42. The van der Waals surface area contributed by atoms with Crippen molar-refractivity contribution in [2.24, 2.45) is 5.41 Å². The number of hydrogen-bond acceptors (Lipinski definition) is 4. The number of aryl methyl sites for hydroxylation is 2. The van der Waals surface area contributed by atoms with Crippen molar-refractivity contribution < 1.29 is 18.7 Å². The van der Waals surface area contributed by atoms with Gasteiger partial charge in [0.25, 0.3) is 6.43 Å². The van der Waals surface area contributed by atoms with Gasteiger partial charge in [-0.15, -0.1) is 0 Å². The highest BCUT2D eigenvalue weighted by molar-refractivity contribution is 5.92. The number of piperidine rings is 1. The first-order valence-electron chi connectivity index (χ1n) is 12.8. The molecule has 6 rings (SSSR count). The van der Waals surface area contributed by atoms with Gasteiger partial charge in [0.05, 0.1) is 28.7 Å². The normalized spacial score (nSPS) is 16.7. The fourth-order valence-electron chi connectivity index (χ4n) is 5.92. The van der Waals surface area contributed by atoms with Crippen LogP contribution in [0.5, 0.6) is 0 Å². The first-order chi connectivity index (χ1) is 18.2. The zero-order valence-electron chi connectivity index (χ0n) is 21.3. The Morgan fingerprint density at radius 1 is 1.05 bits per heavy atom. The molecule has 8 heteroatoms. The zero-order valence-corrected chi connectivity index (χ0v) is 21.3. The number of para-hydroxylation sites is 1. The van der Waals surface area contributed by atoms with E-state index >= 15 is 0 Å². The van der Waals surface area contributed by atoms with Gasteiger partial charge in [0, 0.05) is 24.2 Å². The number of carboxylic acid groups (broad SMARTS) is 1. The number of anilines is 1. The average Bonchev–Trinajstić information content (AvgIpc) is 3.32. The molecule has 1 fully saturated rings. The lowest BCUT2D eigenvalue weighted by Gasteiger charge is -2.47. The molecule has 0 radical (unpaired) electrons. The molecule has 2 aromatic heterocycles. The van der Waals surface area contributed by atoms with Crippen molar-refractivity contribution in [3.05, 3.63) is 88.9 Å². The Labute approximate surface area is 219 Å². The van der Waals surface area contributed by atoms with Gasteiger partial charge in [0.15, 0.2) is 0 Å². The summed E-state index contributed by atoms with van der Waals surface area (Å²) in [5.41, 5.74) is 5.96. The van der Waals surface area contributed by atoms with Crippen LogP contribution in [-0.2, 0) is 0 Å². The molecule has 0 bridgehead atoms. The predicted octanol–water partition coefficient (Wildman–Crippen LogP) is 6.75. The molecular weight excluding hydrogens is 486 g/mol. The molecule has 1 aliphatic carbocycles. The second-order valence-corrected chi connectivity index (χ2v) is 10.5. The van der Waals surface area contributed by atoms with Crippen molar-refractivity contribution in [3.8, 4) is 5.69 Å². The average molecular weight is 515 g/mol. The molecule has 1 spiro atoms. The quantitative estimate of drug-likeness (QED) is 0.319. The van der Waals surface area contributed by atoms with E-state index in [1.165, 1.54) is 6.20 Å². The number of pyridine rings is 1. The number of benzene rings is 2. The molecule has 0 unspecified atom stereocenters. The molecule has 0 saturated carbocycles. The summed E-state index contributed by atoms with van der Waals surface area (Å²) in [6, 6.07) is 15.3. The third-order valence-electron chi connectivity index (χ3n) is 8.05. The summed E-state index contributed by atoms with van der Waals surface area (Å²) in [5.74, 6) is -1.03. The first-order valence-corrected chi connectivity index (χ1v) is 12.8. The lowest BCUT2D eigenvalue weighted by Crippen LogP contribution is -2.42. The number of fused-ring (bicyclic) bond motifs is 1. The third kappa shape index (κ3) is 4.04. The molecule has 6 nitrogen and oxygen atoms in total. The summed E-state index contributed by atoms with van der Waals surface area (Å²) in [4.78, 5) is 17.9. The van der Waals surface area contributed by atoms with Gasteiger partial charge in [-0.25, -0.2) is 23.2 Å². The van der Waals surface area contributed by atoms with Crippen LogP contribution in [0.15, 0.2) is 60.8 Å². The van der Waals surface area contributed by atoms with Gasteiger partial charge < -0.3 is 10.0 Å². The first kappa shape index (κ1) is 24.3. The monoisotopic (exact) mass is 514 g/mol. The summed E-state index contributed by atoms with van der Waals surface area (Å²) in [5, 5.41) is 14.6. The van der Waals surface area contributed by atoms with Crippen LogP contribution in [0.1, 0.15) is 58.6 Å². The summed E-state index contributed by atoms with van der Waals surface area (Å²) in [6.07, 6.45) is 3.55. The SMILES string of the molecule is Cc1ccccc1-n1ncc(C(F)F)c1C1=CC2(CCN(c3ccc4nc(C(=O)O)cc(C)c4c3)CC2)C1. The van der Waals surface area contributed by atoms with Crippen LogP contribution < -0.4 is 4.90 Å². The van der Waals surface area contributed by atoms with Crippen LogP contribution in [0.2, 0.25) is 0 Å².